The van der Waals surface area contributed by atoms with Gasteiger partial charge in [-0.3, -0.25) is 14.4 Å². The fourth-order valence-electron chi connectivity index (χ4n) is 4.05. The Morgan fingerprint density at radius 1 is 0.576 bits per heavy atom. The standard InChI is InChI=1S/C27H51NO5/c1-24(27(32)33)20-18-19-23-28-25(29)21-16-14-12-10-8-6-4-2-3-5-7-9-11-13-15-17-22-26(30)31/h24H,2-23H2,1H3,(H,28,29)(H,30,31)(H,32,33)/t24-/m0/s1. The van der Waals surface area contributed by atoms with E-state index in [1.54, 1.807) is 6.92 Å². The lowest BCUT2D eigenvalue weighted by atomic mass is 10.0. The molecule has 1 atom stereocenters. The molecular formula is C27H51NO5. The monoisotopic (exact) mass is 469 g/mol. The summed E-state index contributed by atoms with van der Waals surface area (Å²) >= 11 is 0. The van der Waals surface area contributed by atoms with Crippen LogP contribution in [0.15, 0.2) is 0 Å². The van der Waals surface area contributed by atoms with Gasteiger partial charge < -0.3 is 15.5 Å². The van der Waals surface area contributed by atoms with E-state index in [4.69, 9.17) is 10.2 Å². The molecule has 0 saturated heterocycles. The highest BCUT2D eigenvalue weighted by atomic mass is 16.4. The van der Waals surface area contributed by atoms with Crippen molar-refractivity contribution in [3.63, 3.8) is 0 Å². The second-order valence-corrected chi connectivity index (χ2v) is 9.64. The van der Waals surface area contributed by atoms with Crippen LogP contribution >= 0.6 is 0 Å². The first-order valence-corrected chi connectivity index (χ1v) is 13.6. The predicted octanol–water partition coefficient (Wildman–Crippen LogP) is 7.10. The smallest absolute Gasteiger partial charge is 0.306 e. The van der Waals surface area contributed by atoms with Crippen LogP contribution in [0.3, 0.4) is 0 Å². The molecule has 0 rings (SSSR count). The van der Waals surface area contributed by atoms with E-state index in [9.17, 15) is 14.4 Å². The normalized spacial score (nSPS) is 11.9. The highest BCUT2D eigenvalue weighted by Crippen LogP contribution is 2.14. The average Bonchev–Trinajstić information content (AvgIpc) is 2.77. The summed E-state index contributed by atoms with van der Waals surface area (Å²) in [5.74, 6) is -1.60. The third kappa shape index (κ3) is 24.9. The van der Waals surface area contributed by atoms with Crippen molar-refractivity contribution < 1.29 is 24.6 Å². The Hall–Kier alpha value is -1.59. The van der Waals surface area contributed by atoms with Crippen molar-refractivity contribution in [2.24, 2.45) is 5.92 Å². The zero-order chi connectivity index (χ0) is 24.6. The van der Waals surface area contributed by atoms with E-state index in [0.29, 0.717) is 25.8 Å². The number of hydrogen-bond donors (Lipinski definition) is 3. The molecule has 0 bridgehead atoms. The Morgan fingerprint density at radius 3 is 1.36 bits per heavy atom. The molecule has 6 nitrogen and oxygen atoms in total. The van der Waals surface area contributed by atoms with Gasteiger partial charge in [-0.05, 0) is 25.7 Å². The van der Waals surface area contributed by atoms with Crippen LogP contribution in [0.5, 0.6) is 0 Å². The van der Waals surface area contributed by atoms with E-state index in [-0.39, 0.29) is 11.8 Å². The quantitative estimate of drug-likeness (QED) is 0.124. The Labute approximate surface area is 202 Å². The molecule has 0 unspecified atom stereocenters. The van der Waals surface area contributed by atoms with Crippen molar-refractivity contribution in [3.8, 4) is 0 Å². The number of unbranched alkanes of at least 4 members (excludes halogenated alkanes) is 16. The molecule has 0 aliphatic rings. The van der Waals surface area contributed by atoms with Gasteiger partial charge in [0.25, 0.3) is 0 Å². The van der Waals surface area contributed by atoms with Crippen LogP contribution in [-0.2, 0) is 14.4 Å². The van der Waals surface area contributed by atoms with Crippen LogP contribution in [-0.4, -0.2) is 34.6 Å². The van der Waals surface area contributed by atoms with E-state index >= 15 is 0 Å². The molecule has 0 aliphatic carbocycles. The van der Waals surface area contributed by atoms with Crippen molar-refractivity contribution in [1.82, 2.24) is 5.32 Å². The molecule has 0 aromatic carbocycles. The minimum atomic E-state index is -0.745. The van der Waals surface area contributed by atoms with Crippen LogP contribution in [0, 0.1) is 5.92 Å². The summed E-state index contributed by atoms with van der Waals surface area (Å²) in [5, 5.41) is 20.4. The first kappa shape index (κ1) is 31.4. The number of carboxylic acid groups (broad SMARTS) is 2. The van der Waals surface area contributed by atoms with Gasteiger partial charge in [-0.1, -0.05) is 103 Å². The predicted molar refractivity (Wildman–Crippen MR) is 134 cm³/mol. The molecule has 0 saturated carbocycles. The summed E-state index contributed by atoms with van der Waals surface area (Å²) in [5.41, 5.74) is 0. The third-order valence-corrected chi connectivity index (χ3v) is 6.35. The number of hydrogen-bond acceptors (Lipinski definition) is 3. The lowest BCUT2D eigenvalue weighted by Gasteiger charge is -2.07. The van der Waals surface area contributed by atoms with Crippen molar-refractivity contribution in [3.05, 3.63) is 0 Å². The van der Waals surface area contributed by atoms with Crippen molar-refractivity contribution in [1.29, 1.82) is 0 Å². The summed E-state index contributed by atoms with van der Waals surface area (Å²) in [6.45, 7) is 2.38. The number of aliphatic carboxylic acids is 2. The minimum Gasteiger partial charge on any atom is -0.481 e. The Balaban J connectivity index is 3.19. The highest BCUT2D eigenvalue weighted by molar-refractivity contribution is 5.75. The number of rotatable bonds is 25. The zero-order valence-corrected chi connectivity index (χ0v) is 21.3. The molecule has 0 radical (unpaired) electrons. The van der Waals surface area contributed by atoms with Gasteiger partial charge in [0.15, 0.2) is 0 Å². The SMILES string of the molecule is C[C@@H](CCCCNC(=O)CCCCCCCCCCCCCCCCCCC(=O)O)C(=O)O. The van der Waals surface area contributed by atoms with Crippen molar-refractivity contribution >= 4 is 17.8 Å². The number of carboxylic acids is 2. The molecule has 3 N–H and O–H groups in total. The number of carbonyl (C=O) groups excluding carboxylic acids is 1. The minimum absolute atomic E-state index is 0.125. The summed E-state index contributed by atoms with van der Waals surface area (Å²) < 4.78 is 0. The fraction of sp³-hybridized carbons (Fsp3) is 0.889. The topological polar surface area (TPSA) is 104 Å². The molecule has 33 heavy (non-hydrogen) atoms. The largest absolute Gasteiger partial charge is 0.481 e. The average molecular weight is 470 g/mol. The van der Waals surface area contributed by atoms with Crippen LogP contribution in [0.25, 0.3) is 0 Å². The van der Waals surface area contributed by atoms with E-state index in [0.717, 1.165) is 38.5 Å². The summed E-state index contributed by atoms with van der Waals surface area (Å²) in [6, 6.07) is 0. The number of amides is 1. The second kappa shape index (κ2) is 23.6. The molecule has 1 amide bonds. The first-order valence-electron chi connectivity index (χ1n) is 13.6. The van der Waals surface area contributed by atoms with Crippen LogP contribution < -0.4 is 5.32 Å². The van der Waals surface area contributed by atoms with E-state index in [2.05, 4.69) is 5.32 Å². The molecular weight excluding hydrogens is 418 g/mol. The zero-order valence-electron chi connectivity index (χ0n) is 21.3. The molecule has 0 spiro atoms. The van der Waals surface area contributed by atoms with Gasteiger partial charge in [-0.25, -0.2) is 0 Å². The Bertz CT molecular complexity index is 495. The van der Waals surface area contributed by atoms with Gasteiger partial charge in [0.05, 0.1) is 5.92 Å². The second-order valence-electron chi connectivity index (χ2n) is 9.64. The number of carbonyl (C=O) groups is 3. The molecule has 0 heterocycles. The first-order chi connectivity index (χ1) is 15.9. The van der Waals surface area contributed by atoms with Gasteiger partial charge in [-0.2, -0.15) is 0 Å². The van der Waals surface area contributed by atoms with E-state index < -0.39 is 11.9 Å². The molecule has 6 heteroatoms. The maximum Gasteiger partial charge on any atom is 0.306 e. The van der Waals surface area contributed by atoms with Gasteiger partial charge in [0.2, 0.25) is 5.91 Å². The molecule has 0 aromatic heterocycles. The molecule has 194 valence electrons. The fourth-order valence-corrected chi connectivity index (χ4v) is 4.05. The number of nitrogens with one attached hydrogen (secondary N) is 1. The summed E-state index contributed by atoms with van der Waals surface area (Å²) in [6.07, 6.45) is 22.7. The lowest BCUT2D eigenvalue weighted by molar-refractivity contribution is -0.141. The third-order valence-electron chi connectivity index (χ3n) is 6.35. The van der Waals surface area contributed by atoms with E-state index in [1.807, 2.05) is 0 Å². The van der Waals surface area contributed by atoms with Crippen molar-refractivity contribution in [2.45, 2.75) is 142 Å². The van der Waals surface area contributed by atoms with Gasteiger partial charge in [-0.15, -0.1) is 0 Å². The van der Waals surface area contributed by atoms with Gasteiger partial charge >= 0.3 is 11.9 Å². The Kier molecular flexibility index (Phi) is 22.4. The molecule has 0 aliphatic heterocycles. The van der Waals surface area contributed by atoms with Gasteiger partial charge in [0.1, 0.15) is 0 Å². The highest BCUT2D eigenvalue weighted by Gasteiger charge is 2.09. The lowest BCUT2D eigenvalue weighted by Crippen LogP contribution is -2.24. The van der Waals surface area contributed by atoms with Crippen LogP contribution in [0.1, 0.15) is 142 Å². The molecule has 0 fully saturated rings. The summed E-state index contributed by atoms with van der Waals surface area (Å²) in [4.78, 5) is 33.0. The summed E-state index contributed by atoms with van der Waals surface area (Å²) in [7, 11) is 0. The maximum atomic E-state index is 11.8. The van der Waals surface area contributed by atoms with Crippen LogP contribution in [0.2, 0.25) is 0 Å². The van der Waals surface area contributed by atoms with Gasteiger partial charge in [0, 0.05) is 19.4 Å². The van der Waals surface area contributed by atoms with E-state index in [1.165, 1.54) is 77.0 Å². The van der Waals surface area contributed by atoms with Crippen molar-refractivity contribution in [2.75, 3.05) is 6.54 Å². The maximum absolute atomic E-state index is 11.8. The Morgan fingerprint density at radius 2 is 0.970 bits per heavy atom. The molecule has 0 aromatic rings. The van der Waals surface area contributed by atoms with Crippen LogP contribution in [0.4, 0.5) is 0 Å².